The van der Waals surface area contributed by atoms with Gasteiger partial charge in [0.1, 0.15) is 5.15 Å². The molecule has 0 radical (unpaired) electrons. The number of H-pyrrole nitrogens is 1. The predicted molar refractivity (Wildman–Crippen MR) is 69.4 cm³/mol. The largest absolute Gasteiger partial charge is 0.376 e. The number of rotatable bonds is 3. The molecule has 2 unspecified atom stereocenters. The van der Waals surface area contributed by atoms with Crippen molar-refractivity contribution in [3.05, 3.63) is 31.6 Å². The lowest BCUT2D eigenvalue weighted by Crippen LogP contribution is -2.42. The number of aromatic amines is 1. The van der Waals surface area contributed by atoms with Crippen molar-refractivity contribution in [1.82, 2.24) is 9.55 Å². The smallest absolute Gasteiger partial charge is 0.329 e. The zero-order chi connectivity index (χ0) is 13.3. The lowest BCUT2D eigenvalue weighted by atomic mass is 10.1. The van der Waals surface area contributed by atoms with Crippen LogP contribution in [0, 0.1) is 0 Å². The average molecular weight is 273 g/mol. The van der Waals surface area contributed by atoms with Crippen LogP contribution in [-0.4, -0.2) is 22.3 Å². The van der Waals surface area contributed by atoms with Crippen molar-refractivity contribution in [2.24, 2.45) is 0 Å². The number of hydrogen-bond acceptors (Lipinski definition) is 3. The SMILES string of the molecule is CCc1c(Cl)[nH]c(=O)n(C(C)C2CCCO2)c1=O. The second-order valence-corrected chi connectivity index (χ2v) is 4.92. The van der Waals surface area contributed by atoms with Gasteiger partial charge < -0.3 is 4.74 Å². The highest BCUT2D eigenvalue weighted by atomic mass is 35.5. The first-order valence-electron chi connectivity index (χ1n) is 6.21. The Labute approximate surface area is 110 Å². The summed E-state index contributed by atoms with van der Waals surface area (Å²) in [6.45, 7) is 4.36. The van der Waals surface area contributed by atoms with Gasteiger partial charge in [0.15, 0.2) is 0 Å². The van der Waals surface area contributed by atoms with Crippen LogP contribution < -0.4 is 11.2 Å². The van der Waals surface area contributed by atoms with Crippen LogP contribution in [-0.2, 0) is 11.2 Å². The van der Waals surface area contributed by atoms with Gasteiger partial charge in [-0.1, -0.05) is 18.5 Å². The second-order valence-electron chi connectivity index (χ2n) is 4.54. The minimum absolute atomic E-state index is 0.0744. The first-order chi connectivity index (χ1) is 8.56. The van der Waals surface area contributed by atoms with Crippen molar-refractivity contribution < 1.29 is 4.74 Å². The fourth-order valence-corrected chi connectivity index (χ4v) is 2.68. The molecular weight excluding hydrogens is 256 g/mol. The van der Waals surface area contributed by atoms with Gasteiger partial charge in [-0.3, -0.25) is 14.3 Å². The van der Waals surface area contributed by atoms with Gasteiger partial charge in [0, 0.05) is 6.61 Å². The molecule has 0 amide bonds. The van der Waals surface area contributed by atoms with Gasteiger partial charge >= 0.3 is 5.69 Å². The van der Waals surface area contributed by atoms with E-state index in [9.17, 15) is 9.59 Å². The molecule has 1 aliphatic rings. The van der Waals surface area contributed by atoms with Crippen molar-refractivity contribution in [2.45, 2.75) is 45.3 Å². The molecule has 1 N–H and O–H groups in total. The molecule has 1 aromatic heterocycles. The van der Waals surface area contributed by atoms with E-state index < -0.39 is 5.69 Å². The molecule has 0 bridgehead atoms. The summed E-state index contributed by atoms with van der Waals surface area (Å²) in [5.41, 5.74) is -0.333. The molecule has 0 spiro atoms. The Hall–Kier alpha value is -1.07. The zero-order valence-corrected chi connectivity index (χ0v) is 11.3. The van der Waals surface area contributed by atoms with Crippen LogP contribution in [0.4, 0.5) is 0 Å². The standard InChI is InChI=1S/C12H17ClN2O3/c1-3-8-10(13)14-12(17)15(11(8)16)7(2)9-5-4-6-18-9/h7,9H,3-6H2,1-2H3,(H,14,17). The van der Waals surface area contributed by atoms with Crippen LogP contribution in [0.3, 0.4) is 0 Å². The Morgan fingerprint density at radius 3 is 2.83 bits per heavy atom. The third-order valence-corrected chi connectivity index (χ3v) is 3.76. The topological polar surface area (TPSA) is 64.1 Å². The quantitative estimate of drug-likeness (QED) is 0.848. The van der Waals surface area contributed by atoms with Crippen LogP contribution in [0.15, 0.2) is 9.59 Å². The molecule has 1 aromatic rings. The number of aromatic nitrogens is 2. The van der Waals surface area contributed by atoms with Gasteiger partial charge in [0.05, 0.1) is 17.7 Å². The van der Waals surface area contributed by atoms with E-state index in [0.717, 1.165) is 12.8 Å². The maximum atomic E-state index is 12.2. The number of hydrogen-bond donors (Lipinski definition) is 1. The summed E-state index contributed by atoms with van der Waals surface area (Å²) in [6, 6.07) is -0.272. The van der Waals surface area contributed by atoms with Crippen molar-refractivity contribution in [1.29, 1.82) is 0 Å². The molecule has 2 atom stereocenters. The first kappa shape index (κ1) is 13.4. The van der Waals surface area contributed by atoms with E-state index in [2.05, 4.69) is 4.98 Å². The summed E-state index contributed by atoms with van der Waals surface area (Å²) >= 11 is 5.87. The molecular formula is C12H17ClN2O3. The normalized spacial score (nSPS) is 21.2. The van der Waals surface area contributed by atoms with Crippen molar-refractivity contribution >= 4 is 11.6 Å². The highest BCUT2D eigenvalue weighted by Crippen LogP contribution is 2.22. The molecule has 1 fully saturated rings. The molecule has 2 rings (SSSR count). The number of halogens is 1. The fraction of sp³-hybridized carbons (Fsp3) is 0.667. The van der Waals surface area contributed by atoms with E-state index in [4.69, 9.17) is 16.3 Å². The van der Waals surface area contributed by atoms with E-state index in [1.165, 1.54) is 4.57 Å². The van der Waals surface area contributed by atoms with Gasteiger partial charge in [0.25, 0.3) is 5.56 Å². The van der Waals surface area contributed by atoms with Crippen molar-refractivity contribution in [3.8, 4) is 0 Å². The Morgan fingerprint density at radius 2 is 2.28 bits per heavy atom. The molecule has 2 heterocycles. The monoisotopic (exact) mass is 272 g/mol. The summed E-state index contributed by atoms with van der Waals surface area (Å²) < 4.78 is 6.76. The summed E-state index contributed by atoms with van der Waals surface area (Å²) in [7, 11) is 0. The van der Waals surface area contributed by atoms with Gasteiger partial charge in [-0.2, -0.15) is 0 Å². The Bertz CT molecular complexity index is 543. The average Bonchev–Trinajstić information content (AvgIpc) is 2.81. The summed E-state index contributed by atoms with van der Waals surface area (Å²) in [6.07, 6.45) is 2.26. The van der Waals surface area contributed by atoms with Crippen LogP contribution >= 0.6 is 11.6 Å². The minimum atomic E-state index is -0.467. The highest BCUT2D eigenvalue weighted by Gasteiger charge is 2.26. The number of ether oxygens (including phenoxy) is 1. The van der Waals surface area contributed by atoms with E-state index in [1.807, 2.05) is 13.8 Å². The number of nitrogens with one attached hydrogen (secondary N) is 1. The maximum Gasteiger partial charge on any atom is 0.329 e. The van der Waals surface area contributed by atoms with E-state index in [0.29, 0.717) is 18.6 Å². The lowest BCUT2D eigenvalue weighted by Gasteiger charge is -2.20. The van der Waals surface area contributed by atoms with Gasteiger partial charge in [-0.25, -0.2) is 4.79 Å². The van der Waals surface area contributed by atoms with Gasteiger partial charge in [-0.05, 0) is 26.2 Å². The molecule has 5 nitrogen and oxygen atoms in total. The third kappa shape index (κ3) is 2.24. The van der Waals surface area contributed by atoms with E-state index in [-0.39, 0.29) is 22.9 Å². The molecule has 6 heteroatoms. The predicted octanol–water partition coefficient (Wildman–Crippen LogP) is 1.49. The van der Waals surface area contributed by atoms with Gasteiger partial charge in [-0.15, -0.1) is 0 Å². The molecule has 0 aliphatic carbocycles. The molecule has 1 aliphatic heterocycles. The Kier molecular flexibility index (Phi) is 3.92. The van der Waals surface area contributed by atoms with Crippen molar-refractivity contribution in [3.63, 3.8) is 0 Å². The highest BCUT2D eigenvalue weighted by molar-refractivity contribution is 6.30. The van der Waals surface area contributed by atoms with Crippen LogP contribution in [0.1, 0.15) is 38.3 Å². The third-order valence-electron chi connectivity index (χ3n) is 3.44. The lowest BCUT2D eigenvalue weighted by molar-refractivity contribution is 0.0705. The van der Waals surface area contributed by atoms with E-state index >= 15 is 0 Å². The fourth-order valence-electron chi connectivity index (χ4n) is 2.39. The zero-order valence-electron chi connectivity index (χ0n) is 10.5. The Balaban J connectivity index is 2.50. The van der Waals surface area contributed by atoms with Gasteiger partial charge in [0.2, 0.25) is 0 Å². The van der Waals surface area contributed by atoms with E-state index in [1.54, 1.807) is 0 Å². The number of nitrogens with zero attached hydrogens (tertiary/aromatic N) is 1. The van der Waals surface area contributed by atoms with Crippen LogP contribution in [0.5, 0.6) is 0 Å². The van der Waals surface area contributed by atoms with Crippen molar-refractivity contribution in [2.75, 3.05) is 6.61 Å². The van der Waals surface area contributed by atoms with Crippen LogP contribution in [0.2, 0.25) is 5.15 Å². The summed E-state index contributed by atoms with van der Waals surface area (Å²) in [4.78, 5) is 26.7. The molecule has 100 valence electrons. The molecule has 0 saturated carbocycles. The minimum Gasteiger partial charge on any atom is -0.376 e. The second kappa shape index (κ2) is 5.28. The molecule has 18 heavy (non-hydrogen) atoms. The Morgan fingerprint density at radius 1 is 1.56 bits per heavy atom. The maximum absolute atomic E-state index is 12.2. The molecule has 0 aromatic carbocycles. The summed E-state index contributed by atoms with van der Waals surface area (Å²) in [5, 5.41) is 0.142. The summed E-state index contributed by atoms with van der Waals surface area (Å²) in [5.74, 6) is 0. The molecule has 1 saturated heterocycles. The van der Waals surface area contributed by atoms with Crippen LogP contribution in [0.25, 0.3) is 0 Å². The first-order valence-corrected chi connectivity index (χ1v) is 6.58.